The van der Waals surface area contributed by atoms with Gasteiger partial charge in [0.05, 0.1) is 5.69 Å². The fraction of sp³-hybridized carbons (Fsp3) is 0.0882. The Labute approximate surface area is 414 Å². The Morgan fingerprint density at radius 1 is 0.400 bits per heavy atom. The Morgan fingerprint density at radius 3 is 1.24 bits per heavy atom. The van der Waals surface area contributed by atoms with Gasteiger partial charge in [0.2, 0.25) is 0 Å². The number of benzene rings is 9. The predicted molar refractivity (Wildman–Crippen MR) is 298 cm³/mol. The fourth-order valence-corrected chi connectivity index (χ4v) is 9.97. The molecule has 338 valence electrons. The molecule has 9 aromatic carbocycles. The average molecular weight is 901 g/mol. The molecular weight excluding hydrogens is 845 g/mol. The van der Waals surface area contributed by atoms with Crippen LogP contribution < -0.4 is 9.80 Å². The summed E-state index contributed by atoms with van der Waals surface area (Å²) < 4.78 is 0. The van der Waals surface area contributed by atoms with Crippen molar-refractivity contribution >= 4 is 34.0 Å². The average Bonchev–Trinajstić information content (AvgIpc) is 3.44. The summed E-state index contributed by atoms with van der Waals surface area (Å²) in [5, 5.41) is 0. The molecule has 0 saturated carbocycles. The molecule has 2 aliphatic rings. The molecule has 9 aromatic rings. The van der Waals surface area contributed by atoms with Gasteiger partial charge in [-0.2, -0.15) is 0 Å². The second kappa shape index (κ2) is 19.6. The molecule has 70 heavy (non-hydrogen) atoms. The standard InChI is InChI=1S/C68H56N2/c1-50-23-25-57(26-24-50)59-35-44-67(66(49-59)58-19-11-5-12-20-58)70(63-40-31-54(32-41-63)52-17-9-4-10-18-52)64-42-33-56(34-43-64)55-29-38-62(39-30-55)69(61-36-27-53(28-37-61)51-15-7-3-8-16-51)65-45-47-68(2,48-46-65)60-21-13-6-14-22-60/h3-23,25-47,49-50H,24,48H2,1-2H3. The first kappa shape index (κ1) is 44.1. The maximum Gasteiger partial charge on any atom is 0.0540 e. The quantitative estimate of drug-likeness (QED) is 0.121. The van der Waals surface area contributed by atoms with Crippen molar-refractivity contribution in [1.29, 1.82) is 0 Å². The van der Waals surface area contributed by atoms with E-state index in [1.807, 2.05) is 0 Å². The van der Waals surface area contributed by atoms with E-state index in [4.69, 9.17) is 0 Å². The number of rotatable bonds is 12. The number of hydrogen-bond donors (Lipinski definition) is 0. The van der Waals surface area contributed by atoms with E-state index in [1.54, 1.807) is 0 Å². The number of nitrogens with zero attached hydrogens (tertiary/aromatic N) is 2. The highest BCUT2D eigenvalue weighted by atomic mass is 15.2. The molecule has 0 amide bonds. The van der Waals surface area contributed by atoms with Gasteiger partial charge in [0.1, 0.15) is 0 Å². The lowest BCUT2D eigenvalue weighted by Crippen LogP contribution is -2.24. The Bertz CT molecular complexity index is 3330. The van der Waals surface area contributed by atoms with Crippen LogP contribution in [0.4, 0.5) is 28.4 Å². The summed E-state index contributed by atoms with van der Waals surface area (Å²) in [6, 6.07) is 85.9. The van der Waals surface area contributed by atoms with Crippen LogP contribution in [0.1, 0.15) is 37.8 Å². The van der Waals surface area contributed by atoms with Crippen LogP contribution in [-0.4, -0.2) is 0 Å². The van der Waals surface area contributed by atoms with Gasteiger partial charge in [0.15, 0.2) is 0 Å². The highest BCUT2D eigenvalue weighted by molar-refractivity contribution is 5.92. The topological polar surface area (TPSA) is 6.48 Å². The van der Waals surface area contributed by atoms with E-state index >= 15 is 0 Å². The molecule has 0 saturated heterocycles. The van der Waals surface area contributed by atoms with Crippen molar-refractivity contribution in [3.63, 3.8) is 0 Å². The Hall–Kier alpha value is -8.46. The minimum absolute atomic E-state index is 0.0688. The van der Waals surface area contributed by atoms with Gasteiger partial charge >= 0.3 is 0 Å². The Kier molecular flexibility index (Phi) is 12.4. The summed E-state index contributed by atoms with van der Waals surface area (Å²) in [7, 11) is 0. The molecule has 0 spiro atoms. The van der Waals surface area contributed by atoms with Crippen LogP contribution in [0.25, 0.3) is 50.1 Å². The minimum Gasteiger partial charge on any atom is -0.311 e. The molecule has 2 nitrogen and oxygen atoms in total. The van der Waals surface area contributed by atoms with E-state index in [0.29, 0.717) is 5.92 Å². The molecule has 11 rings (SSSR count). The maximum absolute atomic E-state index is 2.41. The lowest BCUT2D eigenvalue weighted by atomic mass is 9.77. The van der Waals surface area contributed by atoms with Crippen molar-refractivity contribution in [2.24, 2.45) is 5.92 Å². The zero-order chi connectivity index (χ0) is 47.3. The SMILES string of the molecule is CC1C=CC(c2ccc(N(c3ccc(-c4ccccc4)cc3)c3ccc(-c4ccc(N(C5=CCC(C)(c6ccccc6)C=C5)c5ccc(-c6ccccc6)cc5)cc4)cc3)c(-c3ccccc3)c2)=CC1. The van der Waals surface area contributed by atoms with Gasteiger partial charge < -0.3 is 9.80 Å². The molecular formula is C68H56N2. The summed E-state index contributed by atoms with van der Waals surface area (Å²) in [5.41, 5.74) is 20.0. The van der Waals surface area contributed by atoms with Crippen LogP contribution in [0.2, 0.25) is 0 Å². The summed E-state index contributed by atoms with van der Waals surface area (Å²) >= 11 is 0. The molecule has 2 heteroatoms. The van der Waals surface area contributed by atoms with E-state index in [0.717, 1.165) is 52.4 Å². The molecule has 0 fully saturated rings. The van der Waals surface area contributed by atoms with E-state index in [2.05, 4.69) is 297 Å². The first-order valence-electron chi connectivity index (χ1n) is 24.6. The second-order valence-corrected chi connectivity index (χ2v) is 18.9. The molecule has 2 aliphatic carbocycles. The van der Waals surface area contributed by atoms with Gasteiger partial charge in [-0.05, 0) is 141 Å². The van der Waals surface area contributed by atoms with Crippen molar-refractivity contribution in [1.82, 2.24) is 0 Å². The molecule has 0 radical (unpaired) electrons. The van der Waals surface area contributed by atoms with E-state index < -0.39 is 0 Å². The van der Waals surface area contributed by atoms with Gasteiger partial charge in [-0.3, -0.25) is 0 Å². The van der Waals surface area contributed by atoms with Crippen molar-refractivity contribution in [3.8, 4) is 44.5 Å². The second-order valence-electron chi connectivity index (χ2n) is 18.9. The summed E-state index contributed by atoms with van der Waals surface area (Å²) in [6.45, 7) is 4.61. The number of hydrogen-bond acceptors (Lipinski definition) is 2. The largest absolute Gasteiger partial charge is 0.311 e. The van der Waals surface area contributed by atoms with Crippen LogP contribution in [0.15, 0.2) is 279 Å². The third-order valence-corrected chi connectivity index (χ3v) is 14.1. The van der Waals surface area contributed by atoms with E-state index in [1.165, 1.54) is 55.8 Å². The minimum atomic E-state index is -0.0688. The molecule has 2 atom stereocenters. The van der Waals surface area contributed by atoms with Crippen LogP contribution in [-0.2, 0) is 5.41 Å². The molecule has 2 unspecified atom stereocenters. The third-order valence-electron chi connectivity index (χ3n) is 14.1. The molecule has 0 bridgehead atoms. The molecule has 0 N–H and O–H groups in total. The van der Waals surface area contributed by atoms with Crippen molar-refractivity contribution in [2.45, 2.75) is 32.1 Å². The van der Waals surface area contributed by atoms with Crippen molar-refractivity contribution in [2.75, 3.05) is 9.80 Å². The van der Waals surface area contributed by atoms with Gasteiger partial charge in [-0.1, -0.05) is 220 Å². The summed E-state index contributed by atoms with van der Waals surface area (Å²) in [6.07, 6.45) is 16.0. The lowest BCUT2D eigenvalue weighted by molar-refractivity contribution is 0.595. The Balaban J connectivity index is 0.943. The normalized spacial score (nSPS) is 16.3. The number of allylic oxidation sites excluding steroid dienone is 7. The van der Waals surface area contributed by atoms with Crippen LogP contribution >= 0.6 is 0 Å². The highest BCUT2D eigenvalue weighted by Gasteiger charge is 2.27. The molecule has 0 heterocycles. The first-order chi connectivity index (χ1) is 34.5. The van der Waals surface area contributed by atoms with Crippen LogP contribution in [0.3, 0.4) is 0 Å². The first-order valence-corrected chi connectivity index (χ1v) is 24.6. The monoisotopic (exact) mass is 900 g/mol. The van der Waals surface area contributed by atoms with Crippen molar-refractivity contribution in [3.05, 3.63) is 290 Å². The Morgan fingerprint density at radius 2 is 0.814 bits per heavy atom. The van der Waals surface area contributed by atoms with Gasteiger partial charge in [0.25, 0.3) is 0 Å². The van der Waals surface area contributed by atoms with Gasteiger partial charge in [0, 0.05) is 39.4 Å². The van der Waals surface area contributed by atoms with Crippen LogP contribution in [0, 0.1) is 5.92 Å². The van der Waals surface area contributed by atoms with Crippen LogP contribution in [0.5, 0.6) is 0 Å². The smallest absolute Gasteiger partial charge is 0.0540 e. The third kappa shape index (κ3) is 9.25. The highest BCUT2D eigenvalue weighted by Crippen LogP contribution is 2.44. The van der Waals surface area contributed by atoms with E-state index in [-0.39, 0.29) is 5.41 Å². The maximum atomic E-state index is 2.41. The lowest BCUT2D eigenvalue weighted by Gasteiger charge is -2.33. The predicted octanol–water partition coefficient (Wildman–Crippen LogP) is 18.7. The van der Waals surface area contributed by atoms with Gasteiger partial charge in [-0.25, -0.2) is 0 Å². The summed E-state index contributed by atoms with van der Waals surface area (Å²) in [5.74, 6) is 0.555. The fourth-order valence-electron chi connectivity index (χ4n) is 9.97. The zero-order valence-corrected chi connectivity index (χ0v) is 39.9. The molecule has 0 aliphatic heterocycles. The van der Waals surface area contributed by atoms with Gasteiger partial charge in [-0.15, -0.1) is 0 Å². The molecule has 0 aromatic heterocycles. The number of anilines is 5. The van der Waals surface area contributed by atoms with E-state index in [9.17, 15) is 0 Å². The van der Waals surface area contributed by atoms with Crippen molar-refractivity contribution < 1.29 is 0 Å². The zero-order valence-electron chi connectivity index (χ0n) is 39.9. The summed E-state index contributed by atoms with van der Waals surface area (Å²) in [4.78, 5) is 4.80.